The molecule has 0 spiro atoms. The van der Waals surface area contributed by atoms with E-state index in [2.05, 4.69) is 0 Å². The predicted molar refractivity (Wildman–Crippen MR) is 58.6 cm³/mol. The Hall–Kier alpha value is -1.97. The maximum Gasteiger partial charge on any atom is 0.416 e. The van der Waals surface area contributed by atoms with Crippen molar-refractivity contribution in [2.24, 2.45) is 0 Å². The molecule has 0 atom stereocenters. The van der Waals surface area contributed by atoms with Crippen LogP contribution in [0.2, 0.25) is 0 Å². The van der Waals surface area contributed by atoms with E-state index in [0.29, 0.717) is 12.1 Å². The fraction of sp³-hybridized carbons (Fsp3) is 0.400. The van der Waals surface area contributed by atoms with Crippen LogP contribution in [0.1, 0.15) is 5.56 Å². The van der Waals surface area contributed by atoms with Crippen molar-refractivity contribution in [2.45, 2.75) is 12.1 Å². The summed E-state index contributed by atoms with van der Waals surface area (Å²) >= 11 is 0. The van der Waals surface area contributed by atoms with Crippen LogP contribution >= 0.6 is 0 Å². The van der Waals surface area contributed by atoms with Gasteiger partial charge >= 0.3 is 6.18 Å². The Morgan fingerprint density at radius 2 is 1.85 bits per heavy atom. The van der Waals surface area contributed by atoms with Crippen LogP contribution in [-0.2, 0) is 6.18 Å². The first-order chi connectivity index (χ1) is 9.07. The van der Waals surface area contributed by atoms with Crippen LogP contribution in [-0.4, -0.2) is 29.1 Å². The summed E-state index contributed by atoms with van der Waals surface area (Å²) in [5.41, 5.74) is -2.73. The third-order valence-corrected chi connectivity index (χ3v) is 2.29. The Balaban J connectivity index is 3.06. The molecule has 0 fully saturated rings. The lowest BCUT2D eigenvalue weighted by Gasteiger charge is -2.15. The van der Waals surface area contributed by atoms with E-state index in [1.165, 1.54) is 0 Å². The molecule has 5 nitrogen and oxygen atoms in total. The summed E-state index contributed by atoms with van der Waals surface area (Å²) in [6.07, 6.45) is -4.78. The summed E-state index contributed by atoms with van der Waals surface area (Å²) in [5, 5.41) is 20.9. The van der Waals surface area contributed by atoms with Gasteiger partial charge in [0.2, 0.25) is 0 Å². The summed E-state index contributed by atoms with van der Waals surface area (Å²) in [7, 11) is 0. The zero-order chi connectivity index (χ0) is 15.6. The Morgan fingerprint density at radius 3 is 2.30 bits per heavy atom. The van der Waals surface area contributed by atoms with Crippen LogP contribution in [0.15, 0.2) is 18.2 Å². The predicted octanol–water partition coefficient (Wildman–Crippen LogP) is 2.65. The van der Waals surface area contributed by atoms with Crippen LogP contribution in [0.5, 0.6) is 0 Å². The maximum absolute atomic E-state index is 12.8. The van der Waals surface area contributed by atoms with Crippen molar-refractivity contribution in [3.05, 3.63) is 33.9 Å². The summed E-state index contributed by atoms with van der Waals surface area (Å²) in [4.78, 5) is 9.54. The molecule has 1 aromatic rings. The third kappa shape index (κ3) is 4.02. The van der Waals surface area contributed by atoms with E-state index >= 15 is 0 Å². The van der Waals surface area contributed by atoms with Crippen LogP contribution in [0, 0.1) is 10.1 Å². The molecule has 0 aliphatic carbocycles. The van der Waals surface area contributed by atoms with Crippen molar-refractivity contribution in [3.8, 4) is 0 Å². The number of rotatable bonds is 5. The first-order valence-corrected chi connectivity index (χ1v) is 5.15. The second kappa shape index (κ2) is 5.57. The highest BCUT2D eigenvalue weighted by atomic mass is 19.4. The molecular weight excluding hydrogens is 291 g/mol. The van der Waals surface area contributed by atoms with Gasteiger partial charge in [0, 0.05) is 6.07 Å². The van der Waals surface area contributed by atoms with E-state index in [4.69, 9.17) is 5.11 Å². The van der Waals surface area contributed by atoms with Crippen molar-refractivity contribution >= 4 is 11.4 Å². The van der Waals surface area contributed by atoms with Gasteiger partial charge in [-0.05, 0) is 12.1 Å². The quantitative estimate of drug-likeness (QED) is 0.498. The molecule has 0 radical (unpaired) electrons. The van der Waals surface area contributed by atoms with Gasteiger partial charge in [-0.15, -0.1) is 0 Å². The third-order valence-electron chi connectivity index (χ3n) is 2.29. The van der Waals surface area contributed by atoms with Gasteiger partial charge in [0.05, 0.1) is 17.0 Å². The number of nitro benzene ring substituents is 1. The van der Waals surface area contributed by atoms with Crippen molar-refractivity contribution in [1.82, 2.24) is 0 Å². The van der Waals surface area contributed by atoms with Crippen LogP contribution in [0.3, 0.4) is 0 Å². The van der Waals surface area contributed by atoms with Gasteiger partial charge in [-0.2, -0.15) is 13.2 Å². The minimum atomic E-state index is -4.78. The van der Waals surface area contributed by atoms with Gasteiger partial charge in [-0.1, -0.05) is 0 Å². The van der Waals surface area contributed by atoms with Gasteiger partial charge in [-0.3, -0.25) is 10.1 Å². The minimum absolute atomic E-state index is 0.249. The molecule has 1 rings (SSSR count). The van der Waals surface area contributed by atoms with E-state index < -0.39 is 47.1 Å². The van der Waals surface area contributed by atoms with Crippen LogP contribution < -0.4 is 5.32 Å². The summed E-state index contributed by atoms with van der Waals surface area (Å²) in [6.45, 7) is -2.63. The van der Waals surface area contributed by atoms with E-state index in [1.54, 1.807) is 0 Å². The number of aliphatic hydroxyl groups is 1. The molecule has 0 aliphatic heterocycles. The van der Waals surface area contributed by atoms with Gasteiger partial charge in [0.25, 0.3) is 11.6 Å². The Morgan fingerprint density at radius 1 is 1.25 bits per heavy atom. The summed E-state index contributed by atoms with van der Waals surface area (Å²) < 4.78 is 62.7. The number of hydrogen-bond acceptors (Lipinski definition) is 4. The number of aliphatic hydroxyl groups excluding tert-OH is 1. The summed E-state index contributed by atoms with van der Waals surface area (Å²) in [5.74, 6) is -3.55. The number of anilines is 1. The molecule has 0 unspecified atom stereocenters. The Bertz CT molecular complexity index is 504. The number of nitrogens with one attached hydrogen (secondary N) is 1. The highest BCUT2D eigenvalue weighted by Crippen LogP contribution is 2.35. The number of nitrogens with zero attached hydrogens (tertiary/aromatic N) is 1. The highest BCUT2D eigenvalue weighted by Gasteiger charge is 2.34. The second-order valence-corrected chi connectivity index (χ2v) is 3.85. The lowest BCUT2D eigenvalue weighted by atomic mass is 10.1. The lowest BCUT2D eigenvalue weighted by molar-refractivity contribution is -0.384. The molecule has 0 heterocycles. The largest absolute Gasteiger partial charge is 0.416 e. The number of alkyl halides is 5. The minimum Gasteiger partial charge on any atom is -0.390 e. The molecule has 0 aromatic heterocycles. The number of nitro groups is 1. The molecule has 0 saturated carbocycles. The average molecular weight is 300 g/mol. The fourth-order valence-corrected chi connectivity index (χ4v) is 1.29. The van der Waals surface area contributed by atoms with Crippen molar-refractivity contribution in [2.75, 3.05) is 18.5 Å². The van der Waals surface area contributed by atoms with Gasteiger partial charge < -0.3 is 10.4 Å². The van der Waals surface area contributed by atoms with Gasteiger partial charge in [-0.25, -0.2) is 8.78 Å². The summed E-state index contributed by atoms with van der Waals surface area (Å²) in [6, 6.07) is 1.47. The molecular formula is C10H9F5N2O3. The topological polar surface area (TPSA) is 75.4 Å². The maximum atomic E-state index is 12.8. The smallest absolute Gasteiger partial charge is 0.390 e. The molecule has 0 saturated heterocycles. The second-order valence-electron chi connectivity index (χ2n) is 3.85. The highest BCUT2D eigenvalue weighted by molar-refractivity contribution is 5.63. The standard InChI is InChI=1S/C10H9F5N2O3/c11-9(12,5-18)4-16-7-2-1-6(10(13,14)15)3-8(7)17(19)20/h1-3,16,18H,4-5H2. The van der Waals surface area contributed by atoms with Crippen LogP contribution in [0.4, 0.5) is 33.3 Å². The van der Waals surface area contributed by atoms with E-state index in [-0.39, 0.29) is 6.07 Å². The van der Waals surface area contributed by atoms with Crippen molar-refractivity contribution < 1.29 is 32.0 Å². The zero-order valence-corrected chi connectivity index (χ0v) is 9.75. The van der Waals surface area contributed by atoms with E-state index in [1.807, 2.05) is 5.32 Å². The first kappa shape index (κ1) is 16.1. The van der Waals surface area contributed by atoms with Crippen molar-refractivity contribution in [1.29, 1.82) is 0 Å². The molecule has 0 bridgehead atoms. The lowest BCUT2D eigenvalue weighted by Crippen LogP contribution is -2.31. The monoisotopic (exact) mass is 300 g/mol. The molecule has 10 heteroatoms. The fourth-order valence-electron chi connectivity index (χ4n) is 1.29. The molecule has 0 aliphatic rings. The Kier molecular flexibility index (Phi) is 4.48. The zero-order valence-electron chi connectivity index (χ0n) is 9.75. The average Bonchev–Trinajstić information content (AvgIpc) is 2.35. The molecule has 20 heavy (non-hydrogen) atoms. The normalized spacial score (nSPS) is 12.3. The SMILES string of the molecule is O=[N+]([O-])c1cc(C(F)(F)F)ccc1NCC(F)(F)CO. The Labute approximate surface area is 109 Å². The van der Waals surface area contributed by atoms with Gasteiger partial charge in [0.1, 0.15) is 12.3 Å². The molecule has 0 amide bonds. The van der Waals surface area contributed by atoms with Gasteiger partial charge in [0.15, 0.2) is 0 Å². The van der Waals surface area contributed by atoms with Crippen molar-refractivity contribution in [3.63, 3.8) is 0 Å². The van der Waals surface area contributed by atoms with E-state index in [0.717, 1.165) is 0 Å². The first-order valence-electron chi connectivity index (χ1n) is 5.15. The molecule has 112 valence electrons. The van der Waals surface area contributed by atoms with E-state index in [9.17, 15) is 32.1 Å². The van der Waals surface area contributed by atoms with Crippen LogP contribution in [0.25, 0.3) is 0 Å². The number of hydrogen-bond donors (Lipinski definition) is 2. The number of halogens is 5. The number of benzene rings is 1. The molecule has 2 N–H and O–H groups in total. The molecule has 1 aromatic carbocycles.